The van der Waals surface area contributed by atoms with Crippen LogP contribution >= 0.6 is 0 Å². The molecule has 2 N–H and O–H groups in total. The second-order valence-electron chi connectivity index (χ2n) is 4.76. The number of rotatable bonds is 5. The maximum Gasteiger partial charge on any atom is 0.203 e. The van der Waals surface area contributed by atoms with E-state index in [1.54, 1.807) is 0 Å². The summed E-state index contributed by atoms with van der Waals surface area (Å²) in [5.41, 5.74) is 5.19. The van der Waals surface area contributed by atoms with Gasteiger partial charge in [-0.2, -0.15) is 8.78 Å². The molecule has 0 saturated heterocycles. The largest absolute Gasteiger partial charge is 0.487 e. The maximum absolute atomic E-state index is 13.2. The van der Waals surface area contributed by atoms with Crippen molar-refractivity contribution >= 4 is 0 Å². The Bertz CT molecular complexity index is 408. The van der Waals surface area contributed by atoms with Gasteiger partial charge in [0, 0.05) is 6.07 Å². The van der Waals surface area contributed by atoms with Crippen LogP contribution in [0.2, 0.25) is 0 Å². The number of benzene rings is 1. The first-order valence-corrected chi connectivity index (χ1v) is 5.44. The zero-order valence-electron chi connectivity index (χ0n) is 10.2. The van der Waals surface area contributed by atoms with Crippen molar-refractivity contribution in [3.8, 4) is 5.75 Å². The molecule has 6 heteroatoms. The molecule has 2 nitrogen and oxygen atoms in total. The van der Waals surface area contributed by atoms with Crippen molar-refractivity contribution in [1.82, 2.24) is 0 Å². The molecule has 0 bridgehead atoms. The molecule has 0 amide bonds. The summed E-state index contributed by atoms with van der Waals surface area (Å²) < 4.78 is 56.9. The van der Waals surface area contributed by atoms with Gasteiger partial charge in [0.15, 0.2) is 17.4 Å². The van der Waals surface area contributed by atoms with E-state index < -0.39 is 29.0 Å². The van der Waals surface area contributed by atoms with Gasteiger partial charge in [0.25, 0.3) is 0 Å². The number of nitrogens with two attached hydrogens (primary N) is 1. The zero-order chi connectivity index (χ0) is 13.9. The summed E-state index contributed by atoms with van der Waals surface area (Å²) >= 11 is 0. The van der Waals surface area contributed by atoms with Gasteiger partial charge in [-0.25, -0.2) is 8.78 Å². The Labute approximate surface area is 103 Å². The third-order valence-corrected chi connectivity index (χ3v) is 2.65. The first kappa shape index (κ1) is 14.8. The number of ether oxygens (including phenoxy) is 1. The maximum atomic E-state index is 13.2. The lowest BCUT2D eigenvalue weighted by Crippen LogP contribution is -2.25. The van der Waals surface area contributed by atoms with Crippen LogP contribution in [0, 0.1) is 28.7 Å². The second kappa shape index (κ2) is 5.56. The SMILES string of the molecule is CC(C)(CN)CCOc1c(F)c(F)cc(F)c1F. The lowest BCUT2D eigenvalue weighted by Gasteiger charge is -2.22. The minimum Gasteiger partial charge on any atom is -0.487 e. The summed E-state index contributed by atoms with van der Waals surface area (Å²) in [5, 5.41) is 0. The number of hydrogen-bond acceptors (Lipinski definition) is 2. The lowest BCUT2D eigenvalue weighted by atomic mass is 9.90. The van der Waals surface area contributed by atoms with Gasteiger partial charge in [0.05, 0.1) is 6.61 Å². The van der Waals surface area contributed by atoms with Crippen molar-refractivity contribution in [2.24, 2.45) is 11.1 Å². The molecule has 0 fully saturated rings. The van der Waals surface area contributed by atoms with Crippen molar-refractivity contribution in [3.05, 3.63) is 29.3 Å². The van der Waals surface area contributed by atoms with Crippen LogP contribution in [0.3, 0.4) is 0 Å². The van der Waals surface area contributed by atoms with E-state index >= 15 is 0 Å². The first-order chi connectivity index (χ1) is 8.28. The summed E-state index contributed by atoms with van der Waals surface area (Å²) in [6.07, 6.45) is 0.403. The average Bonchev–Trinajstić information content (AvgIpc) is 2.31. The molecule has 0 aliphatic rings. The predicted octanol–water partition coefficient (Wildman–Crippen LogP) is 3.00. The molecular weight excluding hydrogens is 250 g/mol. The molecule has 0 spiro atoms. The molecule has 0 aliphatic heterocycles. The summed E-state index contributed by atoms with van der Waals surface area (Å²) in [6, 6.07) is 0.140. The van der Waals surface area contributed by atoms with Crippen LogP contribution in [0.25, 0.3) is 0 Å². The predicted molar refractivity (Wildman–Crippen MR) is 59.2 cm³/mol. The number of halogens is 4. The standard InChI is InChI=1S/C12H15F4NO/c1-12(2,6-17)3-4-18-11-9(15)7(13)5-8(14)10(11)16/h5H,3-4,6,17H2,1-2H3. The van der Waals surface area contributed by atoms with E-state index in [1.807, 2.05) is 13.8 Å². The Hall–Kier alpha value is -1.30. The van der Waals surface area contributed by atoms with Crippen LogP contribution in [0.15, 0.2) is 6.07 Å². The average molecular weight is 265 g/mol. The van der Waals surface area contributed by atoms with E-state index in [4.69, 9.17) is 10.5 Å². The summed E-state index contributed by atoms with van der Waals surface area (Å²) in [4.78, 5) is 0. The highest BCUT2D eigenvalue weighted by atomic mass is 19.2. The third kappa shape index (κ3) is 3.35. The van der Waals surface area contributed by atoms with Crippen LogP contribution in [0.4, 0.5) is 17.6 Å². The normalized spacial score (nSPS) is 11.7. The highest BCUT2D eigenvalue weighted by molar-refractivity contribution is 5.28. The summed E-state index contributed by atoms with van der Waals surface area (Å²) in [5.74, 6) is -7.05. The molecule has 0 heterocycles. The fourth-order valence-corrected chi connectivity index (χ4v) is 1.21. The summed E-state index contributed by atoms with van der Waals surface area (Å²) in [7, 11) is 0. The smallest absolute Gasteiger partial charge is 0.203 e. The lowest BCUT2D eigenvalue weighted by molar-refractivity contribution is 0.214. The van der Waals surface area contributed by atoms with Crippen molar-refractivity contribution in [2.45, 2.75) is 20.3 Å². The van der Waals surface area contributed by atoms with Crippen molar-refractivity contribution in [1.29, 1.82) is 0 Å². The van der Waals surface area contributed by atoms with Gasteiger partial charge in [-0.05, 0) is 18.4 Å². The number of hydrogen-bond donors (Lipinski definition) is 1. The molecule has 1 aromatic rings. The van der Waals surface area contributed by atoms with Crippen LogP contribution in [-0.2, 0) is 0 Å². The highest BCUT2D eigenvalue weighted by Gasteiger charge is 2.22. The molecule has 0 aliphatic carbocycles. The third-order valence-electron chi connectivity index (χ3n) is 2.65. The molecule has 0 saturated carbocycles. The fraction of sp³-hybridized carbons (Fsp3) is 0.500. The monoisotopic (exact) mass is 265 g/mol. The molecule has 1 aromatic carbocycles. The molecule has 0 atom stereocenters. The van der Waals surface area contributed by atoms with Crippen LogP contribution < -0.4 is 10.5 Å². The molecule has 0 radical (unpaired) electrons. The molecule has 0 unspecified atom stereocenters. The highest BCUT2D eigenvalue weighted by Crippen LogP contribution is 2.27. The van der Waals surface area contributed by atoms with E-state index in [2.05, 4.69) is 0 Å². The molecule has 1 rings (SSSR count). The molecular formula is C12H15F4NO. The van der Waals surface area contributed by atoms with Gasteiger partial charge in [-0.15, -0.1) is 0 Å². The van der Waals surface area contributed by atoms with Crippen molar-refractivity contribution in [2.75, 3.05) is 13.2 Å². The zero-order valence-corrected chi connectivity index (χ0v) is 10.2. The fourth-order valence-electron chi connectivity index (χ4n) is 1.21. The van der Waals surface area contributed by atoms with Gasteiger partial charge >= 0.3 is 0 Å². The molecule has 18 heavy (non-hydrogen) atoms. The van der Waals surface area contributed by atoms with E-state index in [0.29, 0.717) is 13.0 Å². The van der Waals surface area contributed by atoms with Crippen LogP contribution in [0.1, 0.15) is 20.3 Å². The minimum absolute atomic E-state index is 0.0824. The minimum atomic E-state index is -1.53. The van der Waals surface area contributed by atoms with Gasteiger partial charge in [-0.3, -0.25) is 0 Å². The van der Waals surface area contributed by atoms with E-state index in [9.17, 15) is 17.6 Å². The van der Waals surface area contributed by atoms with Crippen molar-refractivity contribution < 1.29 is 22.3 Å². The van der Waals surface area contributed by atoms with Gasteiger partial charge in [-0.1, -0.05) is 13.8 Å². The van der Waals surface area contributed by atoms with E-state index in [-0.39, 0.29) is 18.1 Å². The molecule has 102 valence electrons. The van der Waals surface area contributed by atoms with Gasteiger partial charge in [0.2, 0.25) is 11.6 Å². The second-order valence-corrected chi connectivity index (χ2v) is 4.76. The Morgan fingerprint density at radius 1 is 1.11 bits per heavy atom. The molecule has 0 aromatic heterocycles. The first-order valence-electron chi connectivity index (χ1n) is 5.44. The topological polar surface area (TPSA) is 35.2 Å². The quantitative estimate of drug-likeness (QED) is 0.656. The summed E-state index contributed by atoms with van der Waals surface area (Å²) in [6.45, 7) is 3.96. The Morgan fingerprint density at radius 3 is 2.06 bits per heavy atom. The Morgan fingerprint density at radius 2 is 1.61 bits per heavy atom. The van der Waals surface area contributed by atoms with Crippen LogP contribution in [0.5, 0.6) is 5.75 Å². The van der Waals surface area contributed by atoms with Gasteiger partial charge < -0.3 is 10.5 Å². The van der Waals surface area contributed by atoms with Crippen molar-refractivity contribution in [3.63, 3.8) is 0 Å². The Balaban J connectivity index is 2.80. The van der Waals surface area contributed by atoms with E-state index in [0.717, 1.165) is 0 Å². The van der Waals surface area contributed by atoms with E-state index in [1.165, 1.54) is 0 Å². The van der Waals surface area contributed by atoms with Crippen LogP contribution in [-0.4, -0.2) is 13.2 Å². The Kier molecular flexibility index (Phi) is 4.56. The van der Waals surface area contributed by atoms with Gasteiger partial charge in [0.1, 0.15) is 0 Å².